The largest absolute Gasteiger partial charge is 0.508 e. The van der Waals surface area contributed by atoms with Crippen molar-refractivity contribution in [1.82, 2.24) is 10.6 Å². The minimum atomic E-state index is -1.19. The smallest absolute Gasteiger partial charge is 0.326 e. The van der Waals surface area contributed by atoms with Crippen LogP contribution < -0.4 is 10.6 Å². The van der Waals surface area contributed by atoms with Crippen molar-refractivity contribution in [1.29, 1.82) is 0 Å². The number of aromatic hydroxyl groups is 1. The van der Waals surface area contributed by atoms with E-state index in [1.165, 1.54) is 0 Å². The average Bonchev–Trinajstić information content (AvgIpc) is 2.74. The molecule has 0 aromatic heterocycles. The molecular formula is C25H32N2O6. The fourth-order valence-corrected chi connectivity index (χ4v) is 3.53. The van der Waals surface area contributed by atoms with Gasteiger partial charge in [0.1, 0.15) is 11.8 Å². The Hall–Kier alpha value is -3.39. The summed E-state index contributed by atoms with van der Waals surface area (Å²) in [5.41, 5.74) is 2.22. The van der Waals surface area contributed by atoms with Crippen LogP contribution in [0.4, 0.5) is 0 Å². The molecule has 0 aliphatic carbocycles. The number of aryl methyl sites for hydroxylation is 1. The van der Waals surface area contributed by atoms with Gasteiger partial charge >= 0.3 is 11.9 Å². The van der Waals surface area contributed by atoms with Crippen LogP contribution in [-0.2, 0) is 26.2 Å². The van der Waals surface area contributed by atoms with Gasteiger partial charge in [0.05, 0.1) is 12.5 Å². The molecule has 1 amide bonds. The number of rotatable bonds is 12. The Labute approximate surface area is 193 Å². The highest BCUT2D eigenvalue weighted by atomic mass is 16.4. The number of phenols is 1. The summed E-state index contributed by atoms with van der Waals surface area (Å²) < 4.78 is 0. The molecule has 0 saturated carbocycles. The van der Waals surface area contributed by atoms with Crippen LogP contribution in [0.25, 0.3) is 0 Å². The Bertz CT molecular complexity index is 974. The van der Waals surface area contributed by atoms with Gasteiger partial charge in [-0.15, -0.1) is 0 Å². The number of amides is 1. The lowest BCUT2D eigenvalue weighted by Crippen LogP contribution is -2.52. The van der Waals surface area contributed by atoms with Crippen molar-refractivity contribution in [2.45, 2.75) is 57.5 Å². The zero-order valence-electron chi connectivity index (χ0n) is 19.2. The molecule has 2 atom stereocenters. The number of aliphatic carboxylic acids is 2. The Morgan fingerprint density at radius 3 is 2.24 bits per heavy atom. The molecule has 8 nitrogen and oxygen atoms in total. The van der Waals surface area contributed by atoms with Gasteiger partial charge in [0.25, 0.3) is 0 Å². The van der Waals surface area contributed by atoms with Crippen molar-refractivity contribution in [2.75, 3.05) is 6.54 Å². The van der Waals surface area contributed by atoms with E-state index in [9.17, 15) is 29.7 Å². The molecule has 5 N–H and O–H groups in total. The first-order chi connectivity index (χ1) is 15.5. The van der Waals surface area contributed by atoms with Gasteiger partial charge in [-0.05, 0) is 48.1 Å². The molecule has 0 fully saturated rings. The molecule has 0 aliphatic heterocycles. The summed E-state index contributed by atoms with van der Waals surface area (Å²) in [4.78, 5) is 35.7. The molecule has 2 aromatic rings. The van der Waals surface area contributed by atoms with Crippen molar-refractivity contribution < 1.29 is 29.7 Å². The van der Waals surface area contributed by atoms with E-state index in [0.29, 0.717) is 13.0 Å². The van der Waals surface area contributed by atoms with E-state index in [-0.39, 0.29) is 17.6 Å². The number of hydrogen-bond acceptors (Lipinski definition) is 5. The van der Waals surface area contributed by atoms with E-state index in [2.05, 4.69) is 10.6 Å². The molecule has 0 radical (unpaired) electrons. The standard InChI is InChI=1S/C25H32N2O6/c1-16-13-18(9-10-21(16)28)25(2,3)11-12-26-19(15-22(29)30)23(31)27-20(24(32)33)14-17-7-5-4-6-8-17/h4-10,13,19-20,26,28H,11-12,14-15H2,1-3H3,(H,27,31)(H,29,30)(H,32,33)/t19-,20-/m0/s1. The second-order valence-corrected chi connectivity index (χ2v) is 8.83. The van der Waals surface area contributed by atoms with Gasteiger partial charge in [-0.1, -0.05) is 56.3 Å². The summed E-state index contributed by atoms with van der Waals surface area (Å²) in [6.45, 7) is 6.20. The maximum atomic E-state index is 12.8. The van der Waals surface area contributed by atoms with Gasteiger partial charge in [-0.25, -0.2) is 4.79 Å². The minimum absolute atomic E-state index is 0.0922. The third kappa shape index (κ3) is 7.91. The first-order valence-electron chi connectivity index (χ1n) is 10.8. The summed E-state index contributed by atoms with van der Waals surface area (Å²) in [6.07, 6.45) is 0.212. The molecule has 0 heterocycles. The molecule has 2 rings (SSSR count). The molecular weight excluding hydrogens is 424 g/mol. The summed E-state index contributed by atoms with van der Waals surface area (Å²) in [5, 5.41) is 34.0. The molecule has 0 aliphatic rings. The van der Waals surface area contributed by atoms with Crippen molar-refractivity contribution in [3.63, 3.8) is 0 Å². The molecule has 33 heavy (non-hydrogen) atoms. The first kappa shape index (κ1) is 25.9. The third-order valence-corrected chi connectivity index (χ3v) is 5.71. The topological polar surface area (TPSA) is 136 Å². The van der Waals surface area contributed by atoms with E-state index in [1.807, 2.05) is 39.0 Å². The average molecular weight is 457 g/mol. The zero-order valence-corrected chi connectivity index (χ0v) is 19.2. The lowest BCUT2D eigenvalue weighted by atomic mass is 9.81. The van der Waals surface area contributed by atoms with E-state index < -0.39 is 36.4 Å². The molecule has 0 bridgehead atoms. The van der Waals surface area contributed by atoms with Crippen LogP contribution in [0.2, 0.25) is 0 Å². The number of carboxylic acid groups (broad SMARTS) is 2. The number of benzene rings is 2. The second kappa shape index (κ2) is 11.5. The maximum absolute atomic E-state index is 12.8. The van der Waals surface area contributed by atoms with Crippen LogP contribution in [-0.4, -0.2) is 51.8 Å². The zero-order chi connectivity index (χ0) is 24.6. The van der Waals surface area contributed by atoms with Gasteiger partial charge < -0.3 is 26.0 Å². The monoisotopic (exact) mass is 456 g/mol. The van der Waals surface area contributed by atoms with Gasteiger partial charge in [-0.2, -0.15) is 0 Å². The van der Waals surface area contributed by atoms with Gasteiger partial charge in [-0.3, -0.25) is 9.59 Å². The van der Waals surface area contributed by atoms with Crippen LogP contribution in [0.3, 0.4) is 0 Å². The van der Waals surface area contributed by atoms with Crippen molar-refractivity contribution in [3.8, 4) is 5.75 Å². The first-order valence-corrected chi connectivity index (χ1v) is 10.8. The number of carbonyl (C=O) groups is 3. The molecule has 8 heteroatoms. The summed E-state index contributed by atoms with van der Waals surface area (Å²) in [5.74, 6) is -2.80. The van der Waals surface area contributed by atoms with E-state index in [0.717, 1.165) is 16.7 Å². The molecule has 0 saturated heterocycles. The van der Waals surface area contributed by atoms with E-state index in [4.69, 9.17) is 0 Å². The highest BCUT2D eigenvalue weighted by Gasteiger charge is 2.28. The Kier molecular flexibility index (Phi) is 8.99. The predicted molar refractivity (Wildman–Crippen MR) is 124 cm³/mol. The number of phenolic OH excluding ortho intramolecular Hbond substituents is 1. The van der Waals surface area contributed by atoms with Gasteiger partial charge in [0.15, 0.2) is 0 Å². The Balaban J connectivity index is 2.03. The molecule has 0 spiro atoms. The van der Waals surface area contributed by atoms with E-state index >= 15 is 0 Å². The van der Waals surface area contributed by atoms with Crippen LogP contribution in [0.1, 0.15) is 43.4 Å². The number of carboxylic acids is 2. The molecule has 2 aromatic carbocycles. The predicted octanol–water partition coefficient (Wildman–Crippen LogP) is 2.61. The van der Waals surface area contributed by atoms with Crippen molar-refractivity contribution in [2.24, 2.45) is 0 Å². The number of nitrogens with one attached hydrogen (secondary N) is 2. The summed E-state index contributed by atoms with van der Waals surface area (Å²) >= 11 is 0. The highest BCUT2D eigenvalue weighted by molar-refractivity contribution is 5.89. The summed E-state index contributed by atoms with van der Waals surface area (Å²) in [6, 6.07) is 12.0. The number of hydrogen-bond donors (Lipinski definition) is 5. The Morgan fingerprint density at radius 1 is 1.00 bits per heavy atom. The normalized spacial score (nSPS) is 13.2. The third-order valence-electron chi connectivity index (χ3n) is 5.71. The van der Waals surface area contributed by atoms with Crippen LogP contribution in [0.5, 0.6) is 5.75 Å². The fourth-order valence-electron chi connectivity index (χ4n) is 3.53. The quantitative estimate of drug-likeness (QED) is 0.331. The maximum Gasteiger partial charge on any atom is 0.326 e. The van der Waals surface area contributed by atoms with Crippen LogP contribution in [0.15, 0.2) is 48.5 Å². The van der Waals surface area contributed by atoms with E-state index in [1.54, 1.807) is 30.3 Å². The van der Waals surface area contributed by atoms with Gasteiger partial charge in [0, 0.05) is 6.42 Å². The number of carbonyl (C=O) groups excluding carboxylic acids is 1. The van der Waals surface area contributed by atoms with Crippen molar-refractivity contribution >= 4 is 17.8 Å². The molecule has 0 unspecified atom stereocenters. The van der Waals surface area contributed by atoms with Gasteiger partial charge in [0.2, 0.25) is 5.91 Å². The lowest BCUT2D eigenvalue weighted by molar-refractivity contribution is -0.143. The van der Waals surface area contributed by atoms with Crippen molar-refractivity contribution in [3.05, 3.63) is 65.2 Å². The molecule has 178 valence electrons. The SMILES string of the molecule is Cc1cc(C(C)(C)CCN[C@@H](CC(=O)O)C(=O)N[C@@H](Cc2ccccc2)C(=O)O)ccc1O. The highest BCUT2D eigenvalue weighted by Crippen LogP contribution is 2.30. The lowest BCUT2D eigenvalue weighted by Gasteiger charge is -2.27. The minimum Gasteiger partial charge on any atom is -0.508 e. The van der Waals surface area contributed by atoms with Crippen LogP contribution >= 0.6 is 0 Å². The fraction of sp³-hybridized carbons (Fsp3) is 0.400. The Morgan fingerprint density at radius 2 is 1.67 bits per heavy atom. The summed E-state index contributed by atoms with van der Waals surface area (Å²) in [7, 11) is 0. The van der Waals surface area contributed by atoms with Crippen LogP contribution in [0, 0.1) is 6.92 Å². The second-order valence-electron chi connectivity index (χ2n) is 8.83.